The smallest absolute Gasteiger partial charge is 0.251 e. The highest BCUT2D eigenvalue weighted by Gasteiger charge is 2.16. The fourth-order valence-corrected chi connectivity index (χ4v) is 2.75. The molecule has 1 saturated carbocycles. The predicted octanol–water partition coefficient (Wildman–Crippen LogP) is 2.68. The maximum atomic E-state index is 12.2. The van der Waals surface area contributed by atoms with Crippen molar-refractivity contribution in [3.8, 4) is 5.88 Å². The quantitative estimate of drug-likeness (QED) is 0.812. The summed E-state index contributed by atoms with van der Waals surface area (Å²) in [6, 6.07) is 3.44. The minimum Gasteiger partial charge on any atom is -0.474 e. The van der Waals surface area contributed by atoms with Gasteiger partial charge < -0.3 is 15.2 Å². The van der Waals surface area contributed by atoms with E-state index in [4.69, 9.17) is 9.84 Å². The van der Waals surface area contributed by atoms with E-state index in [-0.39, 0.29) is 24.7 Å². The Bertz CT molecular complexity index is 473. The number of carbonyl (C=O) groups excluding carboxylic acids is 1. The van der Waals surface area contributed by atoms with Gasteiger partial charge in [-0.15, -0.1) is 0 Å². The van der Waals surface area contributed by atoms with Gasteiger partial charge in [0.2, 0.25) is 5.88 Å². The summed E-state index contributed by atoms with van der Waals surface area (Å²) in [5.41, 5.74) is 0.566. The Labute approximate surface area is 132 Å². The van der Waals surface area contributed by atoms with Crippen LogP contribution in [0.15, 0.2) is 18.3 Å². The molecule has 2 rings (SSSR count). The van der Waals surface area contributed by atoms with Gasteiger partial charge in [0.05, 0.1) is 0 Å². The standard InChI is InChI=1S/C17H26N2O3/c1-13(6-5-11-20)19-17(21)14-9-10-18-16(12-14)22-15-7-3-2-4-8-15/h9-10,12-13,15,20H,2-8,11H2,1H3,(H,19,21). The van der Waals surface area contributed by atoms with Crippen LogP contribution in [0.5, 0.6) is 5.88 Å². The van der Waals surface area contributed by atoms with Crippen LogP contribution in [-0.4, -0.2) is 34.8 Å². The third-order valence-corrected chi connectivity index (χ3v) is 4.01. The van der Waals surface area contributed by atoms with Gasteiger partial charge in [-0.2, -0.15) is 0 Å². The lowest BCUT2D eigenvalue weighted by molar-refractivity contribution is 0.0934. The fourth-order valence-electron chi connectivity index (χ4n) is 2.75. The Morgan fingerprint density at radius 2 is 2.23 bits per heavy atom. The Morgan fingerprint density at radius 3 is 2.95 bits per heavy atom. The van der Waals surface area contributed by atoms with Crippen molar-refractivity contribution in [2.45, 2.75) is 64.0 Å². The number of amides is 1. The van der Waals surface area contributed by atoms with Crippen molar-refractivity contribution in [3.63, 3.8) is 0 Å². The number of hydrogen-bond acceptors (Lipinski definition) is 4. The monoisotopic (exact) mass is 306 g/mol. The Balaban J connectivity index is 1.90. The van der Waals surface area contributed by atoms with Crippen molar-refractivity contribution in [2.75, 3.05) is 6.61 Å². The number of nitrogens with zero attached hydrogens (tertiary/aromatic N) is 1. The largest absolute Gasteiger partial charge is 0.474 e. The number of nitrogens with one attached hydrogen (secondary N) is 1. The molecule has 0 spiro atoms. The topological polar surface area (TPSA) is 71.5 Å². The first-order valence-corrected chi connectivity index (χ1v) is 8.23. The molecule has 22 heavy (non-hydrogen) atoms. The zero-order valence-electron chi connectivity index (χ0n) is 13.3. The minimum absolute atomic E-state index is 0.0375. The van der Waals surface area contributed by atoms with E-state index in [0.717, 1.165) is 19.3 Å². The van der Waals surface area contributed by atoms with Gasteiger partial charge in [0.15, 0.2) is 0 Å². The molecule has 1 atom stereocenters. The molecule has 0 bridgehead atoms. The fraction of sp³-hybridized carbons (Fsp3) is 0.647. The molecule has 1 amide bonds. The van der Waals surface area contributed by atoms with Gasteiger partial charge in [-0.05, 0) is 51.5 Å². The van der Waals surface area contributed by atoms with Crippen LogP contribution < -0.4 is 10.1 Å². The number of ether oxygens (including phenoxy) is 1. The highest BCUT2D eigenvalue weighted by Crippen LogP contribution is 2.22. The molecule has 1 heterocycles. The molecule has 0 saturated heterocycles. The molecule has 1 aliphatic rings. The van der Waals surface area contributed by atoms with Gasteiger partial charge in [-0.25, -0.2) is 4.98 Å². The van der Waals surface area contributed by atoms with Crippen LogP contribution >= 0.6 is 0 Å². The summed E-state index contributed by atoms with van der Waals surface area (Å²) in [6.07, 6.45) is 9.11. The molecule has 0 radical (unpaired) electrons. The summed E-state index contributed by atoms with van der Waals surface area (Å²) in [5.74, 6) is 0.406. The lowest BCUT2D eigenvalue weighted by atomic mass is 9.98. The highest BCUT2D eigenvalue weighted by molar-refractivity contribution is 5.94. The third kappa shape index (κ3) is 5.30. The number of rotatable bonds is 7. The molecule has 1 aliphatic carbocycles. The predicted molar refractivity (Wildman–Crippen MR) is 85.0 cm³/mol. The number of carbonyl (C=O) groups is 1. The Hall–Kier alpha value is -1.62. The molecule has 0 aliphatic heterocycles. The number of aliphatic hydroxyl groups is 1. The summed E-state index contributed by atoms with van der Waals surface area (Å²) in [4.78, 5) is 16.4. The normalized spacial score (nSPS) is 17.0. The van der Waals surface area contributed by atoms with E-state index in [1.165, 1.54) is 19.3 Å². The number of hydrogen-bond donors (Lipinski definition) is 2. The summed E-state index contributed by atoms with van der Waals surface area (Å²) >= 11 is 0. The van der Waals surface area contributed by atoms with E-state index in [1.807, 2.05) is 6.92 Å². The third-order valence-electron chi connectivity index (χ3n) is 4.01. The average molecular weight is 306 g/mol. The molecule has 1 aromatic rings. The molecule has 0 aromatic carbocycles. The molecule has 1 aromatic heterocycles. The van der Waals surface area contributed by atoms with Crippen molar-refractivity contribution in [3.05, 3.63) is 23.9 Å². The molecule has 1 unspecified atom stereocenters. The Kier molecular flexibility index (Phi) is 6.65. The lowest BCUT2D eigenvalue weighted by Gasteiger charge is -2.22. The summed E-state index contributed by atoms with van der Waals surface area (Å²) < 4.78 is 5.89. The van der Waals surface area contributed by atoms with Crippen LogP contribution in [-0.2, 0) is 0 Å². The average Bonchev–Trinajstić information content (AvgIpc) is 2.54. The van der Waals surface area contributed by atoms with E-state index in [0.29, 0.717) is 17.9 Å². The molecule has 122 valence electrons. The van der Waals surface area contributed by atoms with Crippen LogP contribution in [0.3, 0.4) is 0 Å². The first-order chi connectivity index (χ1) is 10.7. The maximum Gasteiger partial charge on any atom is 0.251 e. The first kappa shape index (κ1) is 16.7. The van der Waals surface area contributed by atoms with Crippen LogP contribution in [0.2, 0.25) is 0 Å². The van der Waals surface area contributed by atoms with Gasteiger partial charge >= 0.3 is 0 Å². The van der Waals surface area contributed by atoms with Gasteiger partial charge in [0, 0.05) is 30.5 Å². The van der Waals surface area contributed by atoms with Crippen LogP contribution in [0, 0.1) is 0 Å². The second kappa shape index (κ2) is 8.73. The molecule has 2 N–H and O–H groups in total. The van der Waals surface area contributed by atoms with E-state index in [1.54, 1.807) is 18.3 Å². The maximum absolute atomic E-state index is 12.2. The summed E-state index contributed by atoms with van der Waals surface area (Å²) in [5, 5.41) is 11.7. The van der Waals surface area contributed by atoms with Crippen molar-refractivity contribution >= 4 is 5.91 Å². The second-order valence-corrected chi connectivity index (χ2v) is 6.00. The lowest BCUT2D eigenvalue weighted by Crippen LogP contribution is -2.32. The van der Waals surface area contributed by atoms with Crippen molar-refractivity contribution in [1.82, 2.24) is 10.3 Å². The van der Waals surface area contributed by atoms with Crippen molar-refractivity contribution in [2.24, 2.45) is 0 Å². The molecule has 1 fully saturated rings. The number of aliphatic hydroxyl groups excluding tert-OH is 1. The van der Waals surface area contributed by atoms with Crippen molar-refractivity contribution in [1.29, 1.82) is 0 Å². The molecular weight excluding hydrogens is 280 g/mol. The summed E-state index contributed by atoms with van der Waals surface area (Å²) in [7, 11) is 0. The molecule has 5 heteroatoms. The number of pyridine rings is 1. The van der Waals surface area contributed by atoms with E-state index < -0.39 is 0 Å². The first-order valence-electron chi connectivity index (χ1n) is 8.23. The van der Waals surface area contributed by atoms with Gasteiger partial charge in [-0.1, -0.05) is 6.42 Å². The number of aromatic nitrogens is 1. The SMILES string of the molecule is CC(CCCO)NC(=O)c1ccnc(OC2CCCCC2)c1. The van der Waals surface area contributed by atoms with Gasteiger partial charge in [0.25, 0.3) is 5.91 Å². The Morgan fingerprint density at radius 1 is 1.45 bits per heavy atom. The zero-order chi connectivity index (χ0) is 15.8. The van der Waals surface area contributed by atoms with Crippen LogP contribution in [0.1, 0.15) is 62.2 Å². The minimum atomic E-state index is -0.124. The van der Waals surface area contributed by atoms with E-state index in [2.05, 4.69) is 10.3 Å². The zero-order valence-corrected chi connectivity index (χ0v) is 13.3. The van der Waals surface area contributed by atoms with Crippen LogP contribution in [0.25, 0.3) is 0 Å². The van der Waals surface area contributed by atoms with E-state index in [9.17, 15) is 4.79 Å². The van der Waals surface area contributed by atoms with Crippen molar-refractivity contribution < 1.29 is 14.6 Å². The highest BCUT2D eigenvalue weighted by atomic mass is 16.5. The summed E-state index contributed by atoms with van der Waals surface area (Å²) in [6.45, 7) is 2.09. The van der Waals surface area contributed by atoms with Crippen LogP contribution in [0.4, 0.5) is 0 Å². The molecular formula is C17H26N2O3. The second-order valence-electron chi connectivity index (χ2n) is 6.00. The molecule has 5 nitrogen and oxygen atoms in total. The van der Waals surface area contributed by atoms with E-state index >= 15 is 0 Å². The van der Waals surface area contributed by atoms with Gasteiger partial charge in [0.1, 0.15) is 6.10 Å². The van der Waals surface area contributed by atoms with Gasteiger partial charge in [-0.3, -0.25) is 4.79 Å².